The van der Waals surface area contributed by atoms with Crippen LogP contribution in [0.1, 0.15) is 59.3 Å². The molecule has 20 heavy (non-hydrogen) atoms. The molecular formula is C17H34N2O. The molecule has 2 fully saturated rings. The van der Waals surface area contributed by atoms with Crippen LogP contribution in [0.25, 0.3) is 0 Å². The van der Waals surface area contributed by atoms with E-state index in [1.165, 1.54) is 38.6 Å². The molecule has 1 saturated heterocycles. The lowest BCUT2D eigenvalue weighted by Crippen LogP contribution is -2.53. The molecule has 1 heterocycles. The van der Waals surface area contributed by atoms with Gasteiger partial charge in [-0.25, -0.2) is 0 Å². The van der Waals surface area contributed by atoms with E-state index in [1.54, 1.807) is 0 Å². The van der Waals surface area contributed by atoms with E-state index in [4.69, 9.17) is 10.5 Å². The molecule has 0 aromatic heterocycles. The molecule has 2 atom stereocenters. The molecule has 2 rings (SSSR count). The molecular weight excluding hydrogens is 248 g/mol. The van der Waals surface area contributed by atoms with Gasteiger partial charge in [0.25, 0.3) is 0 Å². The van der Waals surface area contributed by atoms with Crippen LogP contribution in [0.3, 0.4) is 0 Å². The summed E-state index contributed by atoms with van der Waals surface area (Å²) in [6.07, 6.45) is 8.20. The predicted octanol–water partition coefficient (Wildman–Crippen LogP) is 3.03. The highest BCUT2D eigenvalue weighted by Crippen LogP contribution is 2.40. The Morgan fingerprint density at radius 1 is 1.10 bits per heavy atom. The lowest BCUT2D eigenvalue weighted by Gasteiger charge is -2.47. The SMILES string of the molecule is COC1CCN(C2CCC(C(C)(C)C)CC2)C(CN)C1. The fourth-order valence-corrected chi connectivity index (χ4v) is 4.23. The summed E-state index contributed by atoms with van der Waals surface area (Å²) in [5.41, 5.74) is 6.49. The minimum absolute atomic E-state index is 0.422. The number of ether oxygens (including phenoxy) is 1. The van der Waals surface area contributed by atoms with Gasteiger partial charge in [0, 0.05) is 32.3 Å². The summed E-state index contributed by atoms with van der Waals surface area (Å²) < 4.78 is 5.54. The smallest absolute Gasteiger partial charge is 0.0599 e. The van der Waals surface area contributed by atoms with Gasteiger partial charge in [-0.15, -0.1) is 0 Å². The van der Waals surface area contributed by atoms with E-state index in [0.29, 0.717) is 17.6 Å². The van der Waals surface area contributed by atoms with Gasteiger partial charge in [0.1, 0.15) is 0 Å². The molecule has 3 heteroatoms. The van der Waals surface area contributed by atoms with Gasteiger partial charge in [-0.3, -0.25) is 4.90 Å². The average Bonchev–Trinajstić information content (AvgIpc) is 2.45. The molecule has 3 nitrogen and oxygen atoms in total. The minimum Gasteiger partial charge on any atom is -0.381 e. The third-order valence-corrected chi connectivity index (χ3v) is 5.71. The Labute approximate surface area is 125 Å². The third kappa shape index (κ3) is 3.75. The number of hydrogen-bond acceptors (Lipinski definition) is 3. The maximum atomic E-state index is 6.02. The molecule has 2 aliphatic rings. The first-order valence-electron chi connectivity index (χ1n) is 8.44. The topological polar surface area (TPSA) is 38.5 Å². The molecule has 1 aliphatic carbocycles. The van der Waals surface area contributed by atoms with Gasteiger partial charge in [-0.05, 0) is 49.9 Å². The Bertz CT molecular complexity index is 292. The zero-order chi connectivity index (χ0) is 14.8. The average molecular weight is 282 g/mol. The first-order chi connectivity index (χ1) is 9.45. The second-order valence-corrected chi connectivity index (χ2v) is 7.88. The normalized spacial score (nSPS) is 37.0. The van der Waals surface area contributed by atoms with Crippen LogP contribution >= 0.6 is 0 Å². The van der Waals surface area contributed by atoms with Crippen LogP contribution in [0.5, 0.6) is 0 Å². The van der Waals surface area contributed by atoms with E-state index in [0.717, 1.165) is 24.9 Å². The van der Waals surface area contributed by atoms with Gasteiger partial charge < -0.3 is 10.5 Å². The highest BCUT2D eigenvalue weighted by molar-refractivity contribution is 4.91. The van der Waals surface area contributed by atoms with Crippen molar-refractivity contribution in [2.24, 2.45) is 17.1 Å². The minimum atomic E-state index is 0.422. The van der Waals surface area contributed by atoms with Gasteiger partial charge in [0.05, 0.1) is 6.10 Å². The molecule has 0 radical (unpaired) electrons. The lowest BCUT2D eigenvalue weighted by atomic mass is 9.71. The molecule has 0 aromatic carbocycles. The van der Waals surface area contributed by atoms with Crippen molar-refractivity contribution < 1.29 is 4.74 Å². The molecule has 0 aromatic rings. The van der Waals surface area contributed by atoms with Crippen molar-refractivity contribution in [3.8, 4) is 0 Å². The first-order valence-corrected chi connectivity index (χ1v) is 8.44. The molecule has 0 amide bonds. The van der Waals surface area contributed by atoms with Crippen molar-refractivity contribution in [3.63, 3.8) is 0 Å². The van der Waals surface area contributed by atoms with Crippen molar-refractivity contribution >= 4 is 0 Å². The second kappa shape index (κ2) is 6.76. The molecule has 118 valence electrons. The van der Waals surface area contributed by atoms with Crippen LogP contribution in [0.2, 0.25) is 0 Å². The van der Waals surface area contributed by atoms with Crippen LogP contribution in [0.15, 0.2) is 0 Å². The van der Waals surface area contributed by atoms with Crippen LogP contribution in [0, 0.1) is 11.3 Å². The fraction of sp³-hybridized carbons (Fsp3) is 1.00. The highest BCUT2D eigenvalue weighted by atomic mass is 16.5. The molecule has 1 saturated carbocycles. The number of hydrogen-bond donors (Lipinski definition) is 1. The van der Waals surface area contributed by atoms with Crippen molar-refractivity contribution in [1.29, 1.82) is 0 Å². The summed E-state index contributed by atoms with van der Waals surface area (Å²) in [5, 5.41) is 0. The van der Waals surface area contributed by atoms with Crippen molar-refractivity contribution in [2.45, 2.75) is 77.5 Å². The molecule has 0 spiro atoms. The molecule has 2 unspecified atom stereocenters. The zero-order valence-corrected chi connectivity index (χ0v) is 13.9. The summed E-state index contributed by atoms with van der Waals surface area (Å²) in [5.74, 6) is 0.895. The lowest BCUT2D eigenvalue weighted by molar-refractivity contribution is -0.0179. The summed E-state index contributed by atoms with van der Waals surface area (Å²) in [7, 11) is 1.84. The van der Waals surface area contributed by atoms with E-state index in [2.05, 4.69) is 25.7 Å². The third-order valence-electron chi connectivity index (χ3n) is 5.71. The Hall–Kier alpha value is -0.120. The quantitative estimate of drug-likeness (QED) is 0.864. The van der Waals surface area contributed by atoms with Gasteiger partial charge in [-0.1, -0.05) is 20.8 Å². The number of methoxy groups -OCH3 is 1. The molecule has 1 aliphatic heterocycles. The van der Waals surface area contributed by atoms with Gasteiger partial charge in [0.15, 0.2) is 0 Å². The number of rotatable bonds is 3. The predicted molar refractivity (Wildman–Crippen MR) is 84.8 cm³/mol. The summed E-state index contributed by atoms with van der Waals surface area (Å²) in [6, 6.07) is 1.30. The van der Waals surface area contributed by atoms with Crippen LogP contribution in [-0.4, -0.2) is 43.3 Å². The maximum absolute atomic E-state index is 6.02. The Morgan fingerprint density at radius 3 is 2.25 bits per heavy atom. The van der Waals surface area contributed by atoms with Crippen molar-refractivity contribution in [1.82, 2.24) is 4.90 Å². The summed E-state index contributed by atoms with van der Waals surface area (Å²) in [4.78, 5) is 2.70. The largest absolute Gasteiger partial charge is 0.381 e. The van der Waals surface area contributed by atoms with E-state index in [1.807, 2.05) is 7.11 Å². The van der Waals surface area contributed by atoms with Crippen LogP contribution in [-0.2, 0) is 4.74 Å². The summed E-state index contributed by atoms with van der Waals surface area (Å²) in [6.45, 7) is 9.13. The first kappa shape index (κ1) is 16.3. The fourth-order valence-electron chi connectivity index (χ4n) is 4.23. The zero-order valence-electron chi connectivity index (χ0n) is 13.9. The van der Waals surface area contributed by atoms with Crippen LogP contribution < -0.4 is 5.73 Å². The molecule has 0 bridgehead atoms. The Morgan fingerprint density at radius 2 is 1.75 bits per heavy atom. The highest BCUT2D eigenvalue weighted by Gasteiger charge is 2.36. The van der Waals surface area contributed by atoms with Gasteiger partial charge in [-0.2, -0.15) is 0 Å². The van der Waals surface area contributed by atoms with E-state index < -0.39 is 0 Å². The van der Waals surface area contributed by atoms with E-state index in [-0.39, 0.29) is 0 Å². The number of piperidine rings is 1. The maximum Gasteiger partial charge on any atom is 0.0599 e. The Kier molecular flexibility index (Phi) is 5.49. The van der Waals surface area contributed by atoms with Gasteiger partial charge >= 0.3 is 0 Å². The second-order valence-electron chi connectivity index (χ2n) is 7.88. The standard InChI is InChI=1S/C17H34N2O/c1-17(2,3)13-5-7-14(8-6-13)19-10-9-16(20-4)11-15(19)12-18/h13-16H,5-12,18H2,1-4H3. The van der Waals surface area contributed by atoms with E-state index in [9.17, 15) is 0 Å². The number of nitrogens with two attached hydrogens (primary N) is 1. The van der Waals surface area contributed by atoms with Crippen molar-refractivity contribution in [3.05, 3.63) is 0 Å². The number of likely N-dealkylation sites (tertiary alicyclic amines) is 1. The van der Waals surface area contributed by atoms with E-state index >= 15 is 0 Å². The van der Waals surface area contributed by atoms with Crippen molar-refractivity contribution in [2.75, 3.05) is 20.2 Å². The number of nitrogens with zero attached hydrogens (tertiary/aromatic N) is 1. The molecule has 2 N–H and O–H groups in total. The summed E-state index contributed by atoms with van der Waals surface area (Å²) >= 11 is 0. The van der Waals surface area contributed by atoms with Gasteiger partial charge in [0.2, 0.25) is 0 Å². The monoisotopic (exact) mass is 282 g/mol. The Balaban J connectivity index is 1.89. The van der Waals surface area contributed by atoms with Crippen LogP contribution in [0.4, 0.5) is 0 Å².